The number of hydrogen-bond acceptors (Lipinski definition) is 4. The third-order valence-corrected chi connectivity index (χ3v) is 5.71. The topological polar surface area (TPSA) is 66.7 Å². The fourth-order valence-corrected chi connectivity index (χ4v) is 4.18. The van der Waals surface area contributed by atoms with Gasteiger partial charge in [0.25, 0.3) is 0 Å². The normalized spacial score (nSPS) is 15.4. The van der Waals surface area contributed by atoms with Gasteiger partial charge in [0.15, 0.2) is 5.96 Å². The summed E-state index contributed by atoms with van der Waals surface area (Å²) in [5.41, 5.74) is 3.51. The molecule has 0 spiro atoms. The molecule has 0 amide bonds. The van der Waals surface area contributed by atoms with E-state index in [0.29, 0.717) is 0 Å². The van der Waals surface area contributed by atoms with Crippen molar-refractivity contribution in [3.63, 3.8) is 0 Å². The van der Waals surface area contributed by atoms with Crippen molar-refractivity contribution in [2.45, 2.75) is 45.7 Å². The van der Waals surface area contributed by atoms with Crippen LogP contribution in [0.25, 0.3) is 0 Å². The summed E-state index contributed by atoms with van der Waals surface area (Å²) in [6.07, 6.45) is 3.50. The van der Waals surface area contributed by atoms with Gasteiger partial charge >= 0.3 is 0 Å². The Morgan fingerprint density at radius 3 is 2.58 bits per heavy atom. The molecule has 2 N–H and O–H groups in total. The van der Waals surface area contributed by atoms with E-state index in [1.807, 2.05) is 26.1 Å². The SMILES string of the molecule is CN=C(NCCCn1nc(C)cc1C)NCC(c1ccccc1OC)N1CCCC1.I. The van der Waals surface area contributed by atoms with E-state index in [4.69, 9.17) is 4.74 Å². The van der Waals surface area contributed by atoms with Crippen LogP contribution in [-0.4, -0.2) is 61.0 Å². The average molecular weight is 540 g/mol. The average Bonchev–Trinajstić information content (AvgIpc) is 3.39. The first-order chi connectivity index (χ1) is 14.6. The number of aromatic nitrogens is 2. The van der Waals surface area contributed by atoms with Gasteiger partial charge in [-0.1, -0.05) is 18.2 Å². The maximum Gasteiger partial charge on any atom is 0.191 e. The molecule has 1 atom stereocenters. The molecule has 31 heavy (non-hydrogen) atoms. The second-order valence-corrected chi connectivity index (χ2v) is 7.88. The standard InChI is InChI=1S/C23H36N6O.HI/c1-18-16-19(2)29(27-18)15-9-12-25-23(24-3)26-17-21(28-13-7-8-14-28)20-10-5-6-11-22(20)30-4;/h5-6,10-11,16,21H,7-9,12-15,17H2,1-4H3,(H2,24,25,26);1H. The van der Waals surface area contributed by atoms with Gasteiger partial charge in [-0.05, 0) is 58.3 Å². The molecule has 3 rings (SSSR count). The zero-order valence-electron chi connectivity index (χ0n) is 19.2. The summed E-state index contributed by atoms with van der Waals surface area (Å²) < 4.78 is 7.71. The lowest BCUT2D eigenvalue weighted by molar-refractivity contribution is 0.239. The Balaban J connectivity index is 0.00000341. The van der Waals surface area contributed by atoms with Crippen LogP contribution < -0.4 is 15.4 Å². The number of aryl methyl sites for hydroxylation is 3. The minimum atomic E-state index is 0. The lowest BCUT2D eigenvalue weighted by Crippen LogP contribution is -2.43. The predicted octanol–water partition coefficient (Wildman–Crippen LogP) is 3.52. The minimum absolute atomic E-state index is 0. The molecule has 172 valence electrons. The van der Waals surface area contributed by atoms with Crippen molar-refractivity contribution in [1.29, 1.82) is 0 Å². The molecule has 8 heteroatoms. The molecule has 1 fully saturated rings. The number of nitrogens with one attached hydrogen (secondary N) is 2. The second kappa shape index (κ2) is 12.9. The fourth-order valence-electron chi connectivity index (χ4n) is 4.18. The van der Waals surface area contributed by atoms with Gasteiger partial charge in [-0.15, -0.1) is 24.0 Å². The number of ether oxygens (including phenoxy) is 1. The van der Waals surface area contributed by atoms with Crippen molar-refractivity contribution < 1.29 is 4.74 Å². The number of likely N-dealkylation sites (tertiary alicyclic amines) is 1. The van der Waals surface area contributed by atoms with Gasteiger partial charge in [0.05, 0.1) is 18.8 Å². The number of guanidine groups is 1. The Morgan fingerprint density at radius 1 is 1.19 bits per heavy atom. The van der Waals surface area contributed by atoms with E-state index in [1.165, 1.54) is 24.1 Å². The molecule has 7 nitrogen and oxygen atoms in total. The Labute approximate surface area is 203 Å². The van der Waals surface area contributed by atoms with Crippen LogP contribution in [0.4, 0.5) is 0 Å². The molecule has 1 aliphatic heterocycles. The van der Waals surface area contributed by atoms with Crippen LogP contribution in [0.1, 0.15) is 42.3 Å². The predicted molar refractivity (Wildman–Crippen MR) is 138 cm³/mol. The number of methoxy groups -OCH3 is 1. The highest BCUT2D eigenvalue weighted by Gasteiger charge is 2.26. The number of hydrogen-bond donors (Lipinski definition) is 2. The third-order valence-electron chi connectivity index (χ3n) is 5.71. The number of aliphatic imine (C=N–C) groups is 1. The van der Waals surface area contributed by atoms with Crippen molar-refractivity contribution >= 4 is 29.9 Å². The summed E-state index contributed by atoms with van der Waals surface area (Å²) in [5, 5.41) is 11.5. The molecule has 2 heterocycles. The van der Waals surface area contributed by atoms with Crippen molar-refractivity contribution in [3.8, 4) is 5.75 Å². The van der Waals surface area contributed by atoms with E-state index in [-0.39, 0.29) is 30.0 Å². The Kier molecular flexibility index (Phi) is 10.6. The summed E-state index contributed by atoms with van der Waals surface area (Å²) in [7, 11) is 3.57. The van der Waals surface area contributed by atoms with Crippen LogP contribution in [0.3, 0.4) is 0 Å². The van der Waals surface area contributed by atoms with Gasteiger partial charge in [-0.3, -0.25) is 14.6 Å². The Hall–Kier alpha value is -1.81. The highest BCUT2D eigenvalue weighted by Crippen LogP contribution is 2.31. The molecule has 0 radical (unpaired) electrons. The third kappa shape index (κ3) is 7.10. The maximum atomic E-state index is 5.64. The first-order valence-corrected chi connectivity index (χ1v) is 10.9. The molecular formula is C23H37IN6O. The van der Waals surface area contributed by atoms with Crippen LogP contribution >= 0.6 is 24.0 Å². The Morgan fingerprint density at radius 2 is 1.94 bits per heavy atom. The van der Waals surface area contributed by atoms with Gasteiger partial charge in [0.1, 0.15) is 5.75 Å². The zero-order chi connectivity index (χ0) is 21.3. The molecule has 1 aromatic heterocycles. The number of benzene rings is 1. The van der Waals surface area contributed by atoms with Crippen LogP contribution in [0, 0.1) is 13.8 Å². The van der Waals surface area contributed by atoms with E-state index in [2.05, 4.69) is 55.4 Å². The molecular weight excluding hydrogens is 503 g/mol. The molecule has 0 bridgehead atoms. The highest BCUT2D eigenvalue weighted by molar-refractivity contribution is 14.0. The van der Waals surface area contributed by atoms with E-state index >= 15 is 0 Å². The lowest BCUT2D eigenvalue weighted by Gasteiger charge is -2.30. The monoisotopic (exact) mass is 540 g/mol. The van der Waals surface area contributed by atoms with Crippen molar-refractivity contribution in [1.82, 2.24) is 25.3 Å². The van der Waals surface area contributed by atoms with Crippen LogP contribution in [0.2, 0.25) is 0 Å². The van der Waals surface area contributed by atoms with Crippen LogP contribution in [0.5, 0.6) is 5.75 Å². The molecule has 1 aliphatic rings. The molecule has 1 unspecified atom stereocenters. The van der Waals surface area contributed by atoms with Crippen LogP contribution in [0.15, 0.2) is 35.3 Å². The summed E-state index contributed by atoms with van der Waals surface area (Å²) in [6.45, 7) is 8.92. The van der Waals surface area contributed by atoms with E-state index < -0.39 is 0 Å². The van der Waals surface area contributed by atoms with Crippen molar-refractivity contribution in [3.05, 3.63) is 47.3 Å². The summed E-state index contributed by atoms with van der Waals surface area (Å²) in [5.74, 6) is 1.78. The van der Waals surface area contributed by atoms with Gasteiger partial charge in [-0.25, -0.2) is 0 Å². The fraction of sp³-hybridized carbons (Fsp3) is 0.565. The van der Waals surface area contributed by atoms with Gasteiger partial charge in [0, 0.05) is 37.9 Å². The van der Waals surface area contributed by atoms with Gasteiger partial charge in [-0.2, -0.15) is 5.10 Å². The lowest BCUT2D eigenvalue weighted by atomic mass is 10.0. The maximum absolute atomic E-state index is 5.64. The second-order valence-electron chi connectivity index (χ2n) is 7.88. The summed E-state index contributed by atoms with van der Waals surface area (Å²) in [4.78, 5) is 6.95. The minimum Gasteiger partial charge on any atom is -0.496 e. The Bertz CT molecular complexity index is 831. The van der Waals surface area contributed by atoms with Crippen molar-refractivity contribution in [2.24, 2.45) is 4.99 Å². The van der Waals surface area contributed by atoms with Crippen molar-refractivity contribution in [2.75, 3.05) is 40.3 Å². The number of rotatable bonds is 9. The number of para-hydroxylation sites is 1. The number of nitrogens with zero attached hydrogens (tertiary/aromatic N) is 4. The van der Waals surface area contributed by atoms with Gasteiger partial charge < -0.3 is 15.4 Å². The van der Waals surface area contributed by atoms with Gasteiger partial charge in [0.2, 0.25) is 0 Å². The number of halogens is 1. The van der Waals surface area contributed by atoms with Crippen LogP contribution in [-0.2, 0) is 6.54 Å². The zero-order valence-corrected chi connectivity index (χ0v) is 21.6. The quantitative estimate of drug-likeness (QED) is 0.221. The van der Waals surface area contributed by atoms with E-state index in [0.717, 1.165) is 56.5 Å². The smallest absolute Gasteiger partial charge is 0.191 e. The molecule has 1 aromatic carbocycles. The summed E-state index contributed by atoms with van der Waals surface area (Å²) >= 11 is 0. The van der Waals surface area contributed by atoms with E-state index in [1.54, 1.807) is 7.11 Å². The van der Waals surface area contributed by atoms with E-state index in [9.17, 15) is 0 Å². The molecule has 0 saturated carbocycles. The largest absolute Gasteiger partial charge is 0.496 e. The first-order valence-electron chi connectivity index (χ1n) is 10.9. The molecule has 2 aromatic rings. The first kappa shape index (κ1) is 25.5. The summed E-state index contributed by atoms with van der Waals surface area (Å²) in [6, 6.07) is 10.7. The molecule has 0 aliphatic carbocycles. The highest BCUT2D eigenvalue weighted by atomic mass is 127. The molecule has 1 saturated heterocycles.